The Bertz CT molecular complexity index is 1240. The molecular weight excluding hydrogens is 374 g/mol. The van der Waals surface area contributed by atoms with Gasteiger partial charge in [-0.15, -0.1) is 0 Å². The summed E-state index contributed by atoms with van der Waals surface area (Å²) in [6.45, 7) is 4.03. The molecule has 30 heavy (non-hydrogen) atoms. The summed E-state index contributed by atoms with van der Waals surface area (Å²) in [6, 6.07) is 21.8. The molecule has 2 N–H and O–H groups in total. The molecule has 0 saturated carbocycles. The zero-order valence-electron chi connectivity index (χ0n) is 16.8. The van der Waals surface area contributed by atoms with E-state index in [4.69, 9.17) is 0 Å². The SMILES string of the molecule is Cc1ccc(NC(=O)c2ccc(C(=O)Nc3cccc4cccnc34)cc2)cc1C. The minimum atomic E-state index is -0.255. The van der Waals surface area contributed by atoms with Gasteiger partial charge in [-0.2, -0.15) is 0 Å². The van der Waals surface area contributed by atoms with E-state index in [-0.39, 0.29) is 11.8 Å². The van der Waals surface area contributed by atoms with Gasteiger partial charge in [-0.05, 0) is 73.5 Å². The van der Waals surface area contributed by atoms with Crippen LogP contribution in [0.5, 0.6) is 0 Å². The standard InChI is InChI=1S/C25H21N3O2/c1-16-8-13-21(15-17(16)2)27-24(29)19-9-11-20(12-10-19)25(30)28-22-7-3-5-18-6-4-14-26-23(18)22/h3-15H,1-2H3,(H,27,29)(H,28,30). The highest BCUT2D eigenvalue weighted by molar-refractivity contribution is 6.09. The molecule has 4 rings (SSSR count). The number of pyridine rings is 1. The van der Waals surface area contributed by atoms with Gasteiger partial charge in [0.2, 0.25) is 0 Å². The second kappa shape index (κ2) is 8.17. The van der Waals surface area contributed by atoms with Crippen LogP contribution < -0.4 is 10.6 Å². The lowest BCUT2D eigenvalue weighted by Crippen LogP contribution is -2.14. The number of carbonyl (C=O) groups is 2. The van der Waals surface area contributed by atoms with Gasteiger partial charge in [0.25, 0.3) is 11.8 Å². The molecule has 3 aromatic carbocycles. The van der Waals surface area contributed by atoms with Crippen molar-refractivity contribution in [3.8, 4) is 0 Å². The molecule has 0 unspecified atom stereocenters. The smallest absolute Gasteiger partial charge is 0.255 e. The van der Waals surface area contributed by atoms with E-state index in [0.717, 1.165) is 22.2 Å². The number of nitrogens with one attached hydrogen (secondary N) is 2. The molecule has 5 nitrogen and oxygen atoms in total. The fraction of sp³-hybridized carbons (Fsp3) is 0.0800. The number of amides is 2. The third-order valence-electron chi connectivity index (χ3n) is 5.05. The minimum absolute atomic E-state index is 0.219. The lowest BCUT2D eigenvalue weighted by molar-refractivity contribution is 0.101. The van der Waals surface area contributed by atoms with Gasteiger partial charge in [0, 0.05) is 28.4 Å². The Morgan fingerprint density at radius 2 is 1.40 bits per heavy atom. The van der Waals surface area contributed by atoms with Crippen molar-refractivity contribution >= 4 is 34.1 Å². The van der Waals surface area contributed by atoms with Crippen LogP contribution in [0, 0.1) is 13.8 Å². The van der Waals surface area contributed by atoms with Gasteiger partial charge in [-0.25, -0.2) is 0 Å². The Labute approximate surface area is 174 Å². The lowest BCUT2D eigenvalue weighted by atomic mass is 10.1. The molecule has 0 bridgehead atoms. The Kier molecular flexibility index (Phi) is 5.26. The fourth-order valence-electron chi connectivity index (χ4n) is 3.19. The molecule has 4 aromatic rings. The molecule has 0 radical (unpaired) electrons. The first-order valence-electron chi connectivity index (χ1n) is 9.65. The summed E-state index contributed by atoms with van der Waals surface area (Å²) in [5.74, 6) is -0.474. The topological polar surface area (TPSA) is 71.1 Å². The molecule has 1 aromatic heterocycles. The average Bonchev–Trinajstić information content (AvgIpc) is 2.76. The third-order valence-corrected chi connectivity index (χ3v) is 5.05. The molecule has 0 aliphatic carbocycles. The number of aryl methyl sites for hydroxylation is 2. The molecule has 0 spiro atoms. The number of rotatable bonds is 4. The number of fused-ring (bicyclic) bond motifs is 1. The van der Waals surface area contributed by atoms with Crippen molar-refractivity contribution in [1.29, 1.82) is 0 Å². The van der Waals surface area contributed by atoms with E-state index >= 15 is 0 Å². The predicted octanol–water partition coefficient (Wildman–Crippen LogP) is 5.36. The molecule has 2 amide bonds. The molecule has 0 saturated heterocycles. The van der Waals surface area contributed by atoms with Crippen LogP contribution in [0.25, 0.3) is 10.9 Å². The van der Waals surface area contributed by atoms with Crippen molar-refractivity contribution < 1.29 is 9.59 Å². The Balaban J connectivity index is 1.48. The summed E-state index contributed by atoms with van der Waals surface area (Å²) in [4.78, 5) is 29.5. The van der Waals surface area contributed by atoms with E-state index in [1.807, 2.05) is 62.4 Å². The highest BCUT2D eigenvalue weighted by Gasteiger charge is 2.11. The number of hydrogen-bond acceptors (Lipinski definition) is 3. The molecule has 1 heterocycles. The maximum absolute atomic E-state index is 12.7. The van der Waals surface area contributed by atoms with E-state index in [2.05, 4.69) is 15.6 Å². The maximum atomic E-state index is 12.7. The second-order valence-electron chi connectivity index (χ2n) is 7.17. The van der Waals surface area contributed by atoms with Crippen LogP contribution in [0.1, 0.15) is 31.8 Å². The predicted molar refractivity (Wildman–Crippen MR) is 120 cm³/mol. The summed E-state index contributed by atoms with van der Waals surface area (Å²) in [5.41, 5.74) is 5.36. The zero-order valence-corrected chi connectivity index (χ0v) is 16.8. The normalized spacial score (nSPS) is 10.6. The largest absolute Gasteiger partial charge is 0.322 e. The highest BCUT2D eigenvalue weighted by Crippen LogP contribution is 2.21. The van der Waals surface area contributed by atoms with E-state index in [9.17, 15) is 9.59 Å². The highest BCUT2D eigenvalue weighted by atomic mass is 16.2. The van der Waals surface area contributed by atoms with Crippen molar-refractivity contribution in [2.24, 2.45) is 0 Å². The van der Waals surface area contributed by atoms with Gasteiger partial charge in [0.1, 0.15) is 0 Å². The first-order chi connectivity index (χ1) is 14.5. The van der Waals surface area contributed by atoms with Crippen molar-refractivity contribution in [2.45, 2.75) is 13.8 Å². The Hall–Kier alpha value is -3.99. The van der Waals surface area contributed by atoms with E-state index in [1.165, 1.54) is 5.56 Å². The van der Waals surface area contributed by atoms with Crippen LogP contribution in [-0.2, 0) is 0 Å². The molecule has 5 heteroatoms. The maximum Gasteiger partial charge on any atom is 0.255 e. The van der Waals surface area contributed by atoms with Gasteiger partial charge in [-0.3, -0.25) is 14.6 Å². The molecule has 0 aliphatic heterocycles. The van der Waals surface area contributed by atoms with E-state index in [0.29, 0.717) is 16.8 Å². The van der Waals surface area contributed by atoms with Crippen LogP contribution in [0.2, 0.25) is 0 Å². The molecule has 0 fully saturated rings. The van der Waals surface area contributed by atoms with E-state index < -0.39 is 0 Å². The van der Waals surface area contributed by atoms with Crippen LogP contribution in [-0.4, -0.2) is 16.8 Å². The van der Waals surface area contributed by atoms with Gasteiger partial charge >= 0.3 is 0 Å². The monoisotopic (exact) mass is 395 g/mol. The van der Waals surface area contributed by atoms with Gasteiger partial charge in [0.05, 0.1) is 11.2 Å². The molecule has 148 valence electrons. The van der Waals surface area contributed by atoms with Crippen molar-refractivity contribution in [3.63, 3.8) is 0 Å². The Morgan fingerprint density at radius 3 is 2.10 bits per heavy atom. The minimum Gasteiger partial charge on any atom is -0.322 e. The second-order valence-corrected chi connectivity index (χ2v) is 7.17. The summed E-state index contributed by atoms with van der Waals surface area (Å²) < 4.78 is 0. The van der Waals surface area contributed by atoms with Crippen molar-refractivity contribution in [3.05, 3.63) is 101 Å². The number of anilines is 2. The van der Waals surface area contributed by atoms with Crippen molar-refractivity contribution in [1.82, 2.24) is 4.98 Å². The van der Waals surface area contributed by atoms with Gasteiger partial charge < -0.3 is 10.6 Å². The fourth-order valence-corrected chi connectivity index (χ4v) is 3.19. The van der Waals surface area contributed by atoms with Crippen LogP contribution in [0.3, 0.4) is 0 Å². The summed E-state index contributed by atoms with van der Waals surface area (Å²) in [6.07, 6.45) is 1.70. The van der Waals surface area contributed by atoms with Crippen molar-refractivity contribution in [2.75, 3.05) is 10.6 Å². The first kappa shape index (κ1) is 19.3. The number of aromatic nitrogens is 1. The molecule has 0 atom stereocenters. The number of benzene rings is 3. The lowest BCUT2D eigenvalue weighted by Gasteiger charge is -2.10. The number of para-hydroxylation sites is 1. The average molecular weight is 395 g/mol. The number of carbonyl (C=O) groups excluding carboxylic acids is 2. The Morgan fingerprint density at radius 1 is 0.733 bits per heavy atom. The number of nitrogens with zero attached hydrogens (tertiary/aromatic N) is 1. The van der Waals surface area contributed by atoms with Gasteiger partial charge in [-0.1, -0.05) is 24.3 Å². The number of hydrogen-bond donors (Lipinski definition) is 2. The summed E-state index contributed by atoms with van der Waals surface area (Å²) >= 11 is 0. The summed E-state index contributed by atoms with van der Waals surface area (Å²) in [7, 11) is 0. The zero-order chi connectivity index (χ0) is 21.1. The van der Waals surface area contributed by atoms with Gasteiger partial charge in [0.15, 0.2) is 0 Å². The van der Waals surface area contributed by atoms with Crippen LogP contribution in [0.4, 0.5) is 11.4 Å². The van der Waals surface area contributed by atoms with E-state index in [1.54, 1.807) is 30.5 Å². The first-order valence-corrected chi connectivity index (χ1v) is 9.65. The quantitative estimate of drug-likeness (QED) is 0.489. The summed E-state index contributed by atoms with van der Waals surface area (Å²) in [5, 5.41) is 6.74. The molecule has 0 aliphatic rings. The molecular formula is C25H21N3O2. The third kappa shape index (κ3) is 4.05. The van der Waals surface area contributed by atoms with Crippen LogP contribution >= 0.6 is 0 Å². The van der Waals surface area contributed by atoms with Crippen LogP contribution in [0.15, 0.2) is 79.0 Å².